The van der Waals surface area contributed by atoms with Crippen molar-refractivity contribution >= 4 is 46.3 Å². The maximum absolute atomic E-state index is 12.9. The maximum atomic E-state index is 12.9. The highest BCUT2D eigenvalue weighted by Crippen LogP contribution is 2.30. The average Bonchev–Trinajstić information content (AvgIpc) is 3.45. The molecule has 11 heteroatoms. The topological polar surface area (TPSA) is 98.2 Å². The molecule has 0 radical (unpaired) electrons. The summed E-state index contributed by atoms with van der Waals surface area (Å²) in [6.45, 7) is 6.75. The number of pyridine rings is 1. The molecular weight excluding hydrogens is 464 g/mol. The fraction of sp³-hybridized carbons (Fsp3) is 0.591. The number of nitrogens with one attached hydrogen (secondary N) is 1. The third kappa shape index (κ3) is 6.24. The predicted octanol–water partition coefficient (Wildman–Crippen LogP) is 1.48. The maximum Gasteiger partial charge on any atom is 0.275 e. The first-order chi connectivity index (χ1) is 15.8. The van der Waals surface area contributed by atoms with E-state index in [1.807, 2.05) is 16.7 Å². The van der Waals surface area contributed by atoms with Crippen LogP contribution in [0.4, 0.5) is 0 Å². The van der Waals surface area contributed by atoms with Gasteiger partial charge in [0.05, 0.1) is 23.5 Å². The molecule has 3 aliphatic heterocycles. The molecule has 2 fully saturated rings. The molecule has 0 spiro atoms. The van der Waals surface area contributed by atoms with E-state index in [0.29, 0.717) is 48.7 Å². The number of thioether (sulfide) groups is 1. The van der Waals surface area contributed by atoms with E-state index in [9.17, 15) is 14.4 Å². The molecule has 0 aromatic carbocycles. The molecule has 4 heterocycles. The zero-order chi connectivity index (χ0) is 23.4. The van der Waals surface area contributed by atoms with Crippen molar-refractivity contribution in [2.24, 2.45) is 4.99 Å². The fourth-order valence-corrected chi connectivity index (χ4v) is 5.39. The summed E-state index contributed by atoms with van der Waals surface area (Å²) in [5.41, 5.74) is -0.311. The van der Waals surface area contributed by atoms with E-state index in [4.69, 9.17) is 11.6 Å². The lowest BCUT2D eigenvalue weighted by Crippen LogP contribution is -2.52. The van der Waals surface area contributed by atoms with Crippen molar-refractivity contribution in [2.75, 3.05) is 51.6 Å². The van der Waals surface area contributed by atoms with Gasteiger partial charge in [0.25, 0.3) is 5.91 Å². The first-order valence-corrected chi connectivity index (χ1v) is 12.6. The summed E-state index contributed by atoms with van der Waals surface area (Å²) in [5, 5.41) is 3.73. The highest BCUT2D eigenvalue weighted by molar-refractivity contribution is 8.14. The van der Waals surface area contributed by atoms with Crippen LogP contribution in [0.2, 0.25) is 5.02 Å². The van der Waals surface area contributed by atoms with E-state index >= 15 is 0 Å². The Balaban J connectivity index is 1.24. The number of carbonyl (C=O) groups is 3. The lowest BCUT2D eigenvalue weighted by Gasteiger charge is -2.36. The Bertz CT molecular complexity index is 929. The molecule has 33 heavy (non-hydrogen) atoms. The van der Waals surface area contributed by atoms with Crippen LogP contribution in [0.5, 0.6) is 0 Å². The van der Waals surface area contributed by atoms with Gasteiger partial charge < -0.3 is 9.80 Å². The summed E-state index contributed by atoms with van der Waals surface area (Å²) >= 11 is 7.24. The van der Waals surface area contributed by atoms with Crippen LogP contribution in [0.1, 0.15) is 36.7 Å². The minimum atomic E-state index is -0.569. The van der Waals surface area contributed by atoms with E-state index in [0.717, 1.165) is 25.9 Å². The van der Waals surface area contributed by atoms with E-state index < -0.39 is 5.54 Å². The minimum absolute atomic E-state index is 0.0549. The highest BCUT2D eigenvalue weighted by atomic mass is 35.5. The zero-order valence-corrected chi connectivity index (χ0v) is 20.3. The molecular formula is C22H29ClN6O3S. The summed E-state index contributed by atoms with van der Waals surface area (Å²) < 4.78 is 0. The van der Waals surface area contributed by atoms with Gasteiger partial charge in [-0.05, 0) is 31.9 Å². The molecule has 1 unspecified atom stereocenters. The number of rotatable bonds is 5. The second kappa shape index (κ2) is 10.4. The van der Waals surface area contributed by atoms with E-state index in [2.05, 4.69) is 20.2 Å². The van der Waals surface area contributed by atoms with E-state index in [-0.39, 0.29) is 29.8 Å². The smallest absolute Gasteiger partial charge is 0.275 e. The quantitative estimate of drug-likeness (QED) is 0.668. The Labute approximate surface area is 202 Å². The first kappa shape index (κ1) is 24.0. The van der Waals surface area contributed by atoms with Crippen molar-refractivity contribution in [3.8, 4) is 0 Å². The number of carbonyl (C=O) groups excluding carboxylic acids is 3. The van der Waals surface area contributed by atoms with Crippen LogP contribution in [0.25, 0.3) is 0 Å². The molecule has 2 saturated heterocycles. The Morgan fingerprint density at radius 2 is 1.76 bits per heavy atom. The number of hydrogen-bond donors (Lipinski definition) is 1. The van der Waals surface area contributed by atoms with Gasteiger partial charge in [0.15, 0.2) is 5.17 Å². The Morgan fingerprint density at radius 1 is 1.06 bits per heavy atom. The molecule has 3 amide bonds. The van der Waals surface area contributed by atoms with E-state index in [1.54, 1.807) is 12.1 Å². The molecule has 0 saturated carbocycles. The van der Waals surface area contributed by atoms with Gasteiger partial charge in [-0.15, -0.1) is 0 Å². The second-order valence-corrected chi connectivity index (χ2v) is 10.3. The van der Waals surface area contributed by atoms with Gasteiger partial charge in [-0.25, -0.2) is 4.98 Å². The standard InChI is InChI=1S/C22H29ClN6O3S/c1-22(15-33-21(26-22)25-20(32)17-5-4-16(23)13-24-17)12-18(30)29-10-8-27(9-11-29)14-19(31)28-6-2-3-7-28/h4-5,13H,2-3,6-12,14-15H2,1H3,(H,25,26,32). The number of amides is 3. The third-order valence-electron chi connectivity index (χ3n) is 6.15. The van der Waals surface area contributed by atoms with Gasteiger partial charge in [0.2, 0.25) is 11.8 Å². The number of aliphatic imine (C=N–C) groups is 1. The lowest BCUT2D eigenvalue weighted by molar-refractivity contribution is -0.135. The number of aromatic nitrogens is 1. The molecule has 0 aliphatic carbocycles. The van der Waals surface area contributed by atoms with Crippen molar-refractivity contribution in [1.82, 2.24) is 25.0 Å². The number of likely N-dealkylation sites (tertiary alicyclic amines) is 1. The van der Waals surface area contributed by atoms with Gasteiger partial charge in [0, 0.05) is 51.2 Å². The lowest BCUT2D eigenvalue weighted by atomic mass is 10.0. The first-order valence-electron chi connectivity index (χ1n) is 11.2. The third-order valence-corrected chi connectivity index (χ3v) is 7.60. The number of halogens is 1. The normalized spacial score (nSPS) is 23.5. The Kier molecular flexibility index (Phi) is 7.55. The summed E-state index contributed by atoms with van der Waals surface area (Å²) in [7, 11) is 0. The molecule has 1 aromatic rings. The van der Waals surface area contributed by atoms with Crippen LogP contribution in [0.15, 0.2) is 23.3 Å². The minimum Gasteiger partial charge on any atom is -0.342 e. The van der Waals surface area contributed by atoms with E-state index in [1.165, 1.54) is 18.0 Å². The number of hydrogen-bond acceptors (Lipinski definition) is 7. The summed E-state index contributed by atoms with van der Waals surface area (Å²) in [6.07, 6.45) is 3.89. The van der Waals surface area contributed by atoms with Crippen molar-refractivity contribution in [3.05, 3.63) is 29.0 Å². The number of nitrogens with zero attached hydrogens (tertiary/aromatic N) is 5. The molecule has 178 valence electrons. The van der Waals surface area contributed by atoms with Crippen molar-refractivity contribution < 1.29 is 14.4 Å². The highest BCUT2D eigenvalue weighted by Gasteiger charge is 2.36. The largest absolute Gasteiger partial charge is 0.342 e. The van der Waals surface area contributed by atoms with Crippen molar-refractivity contribution in [3.63, 3.8) is 0 Å². The van der Waals surface area contributed by atoms with Gasteiger partial charge in [-0.2, -0.15) is 0 Å². The SMILES string of the molecule is CC1(CC(=O)N2CCN(CC(=O)N3CCCC3)CC2)CSC(NC(=O)c2ccc(Cl)cn2)=N1. The Hall–Kier alpha value is -2.17. The van der Waals surface area contributed by atoms with Crippen LogP contribution < -0.4 is 5.32 Å². The van der Waals surface area contributed by atoms with Gasteiger partial charge in [-0.3, -0.25) is 29.6 Å². The van der Waals surface area contributed by atoms with Crippen LogP contribution in [0, 0.1) is 0 Å². The molecule has 1 aromatic heterocycles. The summed E-state index contributed by atoms with van der Waals surface area (Å²) in [5.74, 6) is 0.514. The van der Waals surface area contributed by atoms with Gasteiger partial charge in [0.1, 0.15) is 5.69 Å². The van der Waals surface area contributed by atoms with Gasteiger partial charge >= 0.3 is 0 Å². The zero-order valence-electron chi connectivity index (χ0n) is 18.8. The Morgan fingerprint density at radius 3 is 2.42 bits per heavy atom. The molecule has 3 aliphatic rings. The molecule has 9 nitrogen and oxygen atoms in total. The van der Waals surface area contributed by atoms with Crippen molar-refractivity contribution in [1.29, 1.82) is 0 Å². The molecule has 0 bridgehead atoms. The molecule has 4 rings (SSSR count). The van der Waals surface area contributed by atoms with Crippen molar-refractivity contribution in [2.45, 2.75) is 31.7 Å². The monoisotopic (exact) mass is 492 g/mol. The van der Waals surface area contributed by atoms with Gasteiger partial charge in [-0.1, -0.05) is 23.4 Å². The second-order valence-electron chi connectivity index (χ2n) is 8.94. The van der Waals surface area contributed by atoms with Crippen LogP contribution in [-0.2, 0) is 9.59 Å². The predicted molar refractivity (Wildman–Crippen MR) is 128 cm³/mol. The molecule has 1 N–H and O–H groups in total. The van der Waals surface area contributed by atoms with Crippen LogP contribution >= 0.6 is 23.4 Å². The number of piperazine rings is 1. The van der Waals surface area contributed by atoms with Crippen LogP contribution in [-0.4, -0.2) is 99.7 Å². The summed E-state index contributed by atoms with van der Waals surface area (Å²) in [6, 6.07) is 3.16. The fourth-order valence-electron chi connectivity index (χ4n) is 4.21. The summed E-state index contributed by atoms with van der Waals surface area (Å²) in [4.78, 5) is 52.2. The molecule has 1 atom stereocenters. The number of amidine groups is 1. The van der Waals surface area contributed by atoms with Crippen LogP contribution in [0.3, 0.4) is 0 Å². The average molecular weight is 493 g/mol.